The molecule has 2 fully saturated rings. The number of aromatic nitrogens is 1. The quantitative estimate of drug-likeness (QED) is 0.677. The number of aliphatic imine (C=N–C) groups is 1. The van der Waals surface area contributed by atoms with E-state index in [2.05, 4.69) is 63.9 Å². The molecule has 6 heteroatoms. The van der Waals surface area contributed by atoms with Crippen LogP contribution in [0.15, 0.2) is 35.5 Å². The van der Waals surface area contributed by atoms with Gasteiger partial charge in [-0.25, -0.2) is 0 Å². The summed E-state index contributed by atoms with van der Waals surface area (Å²) < 4.78 is 0. The van der Waals surface area contributed by atoms with Gasteiger partial charge in [0.15, 0.2) is 0 Å². The van der Waals surface area contributed by atoms with Gasteiger partial charge in [0.05, 0.1) is 12.1 Å². The third kappa shape index (κ3) is 5.02. The van der Waals surface area contributed by atoms with Crippen molar-refractivity contribution in [3.8, 4) is 0 Å². The van der Waals surface area contributed by atoms with Gasteiger partial charge in [-0.15, -0.1) is 0 Å². The molecule has 0 N–H and O–H groups in total. The monoisotopic (exact) mass is 435 g/mol. The van der Waals surface area contributed by atoms with E-state index in [4.69, 9.17) is 0 Å². The lowest BCUT2D eigenvalue weighted by Gasteiger charge is -2.39. The zero-order chi connectivity index (χ0) is 22.7. The maximum absolute atomic E-state index is 13.1. The number of likely N-dealkylation sites (tertiary alicyclic amines) is 2. The normalized spacial score (nSPS) is 23.5. The van der Waals surface area contributed by atoms with Crippen LogP contribution in [0.25, 0.3) is 10.9 Å². The molecule has 1 aromatic heterocycles. The first-order chi connectivity index (χ1) is 15.5. The molecule has 2 aliphatic rings. The van der Waals surface area contributed by atoms with E-state index in [1.54, 1.807) is 7.05 Å². The topological polar surface area (TPSA) is 52.0 Å². The van der Waals surface area contributed by atoms with Crippen LogP contribution in [0.4, 0.5) is 0 Å². The van der Waals surface area contributed by atoms with Gasteiger partial charge in [0.2, 0.25) is 5.91 Å². The standard InChI is InChI=1S/C26H37N5O/c1-19-14-21(23-8-7-20(15-27-2)26-24(23)6-5-11-28-26)17-30(16-19)18-25(32)31-12-9-22(10-13-31)29(3)4/h5-8,11,15,19,21-22H,9-10,12-14,16-18H2,1-4H3/b27-15-/t19-,21-/m1/s1. The fourth-order valence-electron chi connectivity index (χ4n) is 5.55. The molecule has 0 saturated carbocycles. The van der Waals surface area contributed by atoms with Crippen molar-refractivity contribution < 1.29 is 4.79 Å². The number of carbonyl (C=O) groups is 1. The average molecular weight is 436 g/mol. The molecule has 1 aromatic carbocycles. The number of benzene rings is 1. The molecule has 4 rings (SSSR count). The Labute approximate surface area is 192 Å². The molecule has 0 unspecified atom stereocenters. The van der Waals surface area contributed by atoms with Crippen LogP contribution in [0, 0.1) is 5.92 Å². The van der Waals surface area contributed by atoms with Gasteiger partial charge in [0, 0.05) is 62.6 Å². The number of nitrogens with zero attached hydrogens (tertiary/aromatic N) is 5. The fourth-order valence-corrected chi connectivity index (χ4v) is 5.55. The van der Waals surface area contributed by atoms with Crippen LogP contribution < -0.4 is 0 Å². The van der Waals surface area contributed by atoms with Crippen LogP contribution in [0.5, 0.6) is 0 Å². The molecule has 2 aliphatic heterocycles. The van der Waals surface area contributed by atoms with Gasteiger partial charge in [-0.05, 0) is 56.8 Å². The predicted molar refractivity (Wildman–Crippen MR) is 132 cm³/mol. The van der Waals surface area contributed by atoms with E-state index in [0.29, 0.717) is 24.4 Å². The summed E-state index contributed by atoms with van der Waals surface area (Å²) in [5.41, 5.74) is 3.42. The lowest BCUT2D eigenvalue weighted by atomic mass is 9.83. The van der Waals surface area contributed by atoms with E-state index in [-0.39, 0.29) is 5.91 Å². The second-order valence-electron chi connectivity index (χ2n) is 9.84. The molecule has 0 radical (unpaired) electrons. The summed E-state index contributed by atoms with van der Waals surface area (Å²) in [6.45, 7) is 6.52. The molecular weight excluding hydrogens is 398 g/mol. The zero-order valence-electron chi connectivity index (χ0n) is 20.0. The molecule has 1 amide bonds. The third-order valence-corrected chi connectivity index (χ3v) is 7.18. The first-order valence-electron chi connectivity index (χ1n) is 11.9. The largest absolute Gasteiger partial charge is 0.341 e. The fraction of sp³-hybridized carbons (Fsp3) is 0.577. The second kappa shape index (κ2) is 10.1. The van der Waals surface area contributed by atoms with Crippen molar-refractivity contribution in [2.75, 3.05) is 53.9 Å². The number of piperidine rings is 2. The minimum Gasteiger partial charge on any atom is -0.341 e. The number of pyridine rings is 1. The summed E-state index contributed by atoms with van der Waals surface area (Å²) in [6.07, 6.45) is 7.03. The van der Waals surface area contributed by atoms with Crippen molar-refractivity contribution in [3.05, 3.63) is 41.6 Å². The van der Waals surface area contributed by atoms with Crippen LogP contribution in [0.3, 0.4) is 0 Å². The Bertz CT molecular complexity index is 964. The summed E-state index contributed by atoms with van der Waals surface area (Å²) in [5.74, 6) is 1.26. The first kappa shape index (κ1) is 22.9. The molecule has 172 valence electrons. The summed E-state index contributed by atoms with van der Waals surface area (Å²) >= 11 is 0. The maximum Gasteiger partial charge on any atom is 0.236 e. The molecule has 2 saturated heterocycles. The van der Waals surface area contributed by atoms with Crippen LogP contribution in [-0.4, -0.2) is 91.7 Å². The molecule has 0 aliphatic carbocycles. The van der Waals surface area contributed by atoms with Gasteiger partial charge >= 0.3 is 0 Å². The van der Waals surface area contributed by atoms with Crippen molar-refractivity contribution in [3.63, 3.8) is 0 Å². The number of hydrogen-bond donors (Lipinski definition) is 0. The minimum absolute atomic E-state index is 0.288. The molecule has 2 atom stereocenters. The predicted octanol–water partition coefficient (Wildman–Crippen LogP) is 3.26. The number of fused-ring (bicyclic) bond motifs is 1. The highest BCUT2D eigenvalue weighted by Gasteiger charge is 2.30. The lowest BCUT2D eigenvalue weighted by Crippen LogP contribution is -2.49. The van der Waals surface area contributed by atoms with Gasteiger partial charge in [-0.1, -0.05) is 25.1 Å². The maximum atomic E-state index is 13.1. The first-order valence-corrected chi connectivity index (χ1v) is 11.9. The van der Waals surface area contributed by atoms with Crippen molar-refractivity contribution in [2.24, 2.45) is 10.9 Å². The zero-order valence-corrected chi connectivity index (χ0v) is 20.0. The van der Waals surface area contributed by atoms with Crippen LogP contribution in [-0.2, 0) is 4.79 Å². The summed E-state index contributed by atoms with van der Waals surface area (Å²) in [4.78, 5) is 28.7. The molecule has 32 heavy (non-hydrogen) atoms. The van der Waals surface area contributed by atoms with E-state index < -0.39 is 0 Å². The number of amides is 1. The van der Waals surface area contributed by atoms with E-state index in [9.17, 15) is 4.79 Å². The summed E-state index contributed by atoms with van der Waals surface area (Å²) in [7, 11) is 6.07. The van der Waals surface area contributed by atoms with Crippen molar-refractivity contribution in [1.29, 1.82) is 0 Å². The van der Waals surface area contributed by atoms with E-state index in [1.807, 2.05) is 18.5 Å². The van der Waals surface area contributed by atoms with Crippen molar-refractivity contribution in [1.82, 2.24) is 19.7 Å². The highest BCUT2D eigenvalue weighted by Crippen LogP contribution is 2.34. The van der Waals surface area contributed by atoms with Gasteiger partial charge in [0.25, 0.3) is 0 Å². The van der Waals surface area contributed by atoms with Gasteiger partial charge in [-0.2, -0.15) is 0 Å². The van der Waals surface area contributed by atoms with Crippen LogP contribution >= 0.6 is 0 Å². The van der Waals surface area contributed by atoms with Crippen LogP contribution in [0.1, 0.15) is 43.2 Å². The van der Waals surface area contributed by atoms with E-state index in [0.717, 1.165) is 56.5 Å². The number of carbonyl (C=O) groups excluding carboxylic acids is 1. The van der Waals surface area contributed by atoms with Gasteiger partial charge in [-0.3, -0.25) is 19.7 Å². The van der Waals surface area contributed by atoms with E-state index in [1.165, 1.54) is 10.9 Å². The SMILES string of the molecule is C/N=C\c1ccc([C@@H]2C[C@@H](C)CN(CC(=O)N3CCC(N(C)C)CC3)C2)c2cccnc12. The van der Waals surface area contributed by atoms with Gasteiger partial charge < -0.3 is 9.80 Å². The van der Waals surface area contributed by atoms with Crippen molar-refractivity contribution >= 4 is 23.0 Å². The Hall–Kier alpha value is -2.31. The highest BCUT2D eigenvalue weighted by molar-refractivity contribution is 5.99. The smallest absolute Gasteiger partial charge is 0.236 e. The molecule has 0 bridgehead atoms. The van der Waals surface area contributed by atoms with Crippen LogP contribution in [0.2, 0.25) is 0 Å². The number of hydrogen-bond acceptors (Lipinski definition) is 5. The average Bonchev–Trinajstić information content (AvgIpc) is 2.79. The Morgan fingerprint density at radius 2 is 2.00 bits per heavy atom. The van der Waals surface area contributed by atoms with Crippen molar-refractivity contribution in [2.45, 2.75) is 38.1 Å². The Kier molecular flexibility index (Phi) is 7.21. The second-order valence-corrected chi connectivity index (χ2v) is 9.84. The molecule has 0 spiro atoms. The minimum atomic E-state index is 0.288. The number of rotatable bonds is 5. The Balaban J connectivity index is 1.47. The summed E-state index contributed by atoms with van der Waals surface area (Å²) in [5, 5.41) is 1.21. The summed E-state index contributed by atoms with van der Waals surface area (Å²) in [6, 6.07) is 9.18. The third-order valence-electron chi connectivity index (χ3n) is 7.18. The lowest BCUT2D eigenvalue weighted by molar-refractivity contribution is -0.134. The molecule has 2 aromatic rings. The molecule has 6 nitrogen and oxygen atoms in total. The molecular formula is C26H37N5O. The highest BCUT2D eigenvalue weighted by atomic mass is 16.2. The Morgan fingerprint density at radius 1 is 1.22 bits per heavy atom. The Morgan fingerprint density at radius 3 is 2.72 bits per heavy atom. The molecule has 3 heterocycles. The van der Waals surface area contributed by atoms with Gasteiger partial charge in [0.1, 0.15) is 0 Å². The van der Waals surface area contributed by atoms with E-state index >= 15 is 0 Å².